The molecule has 104 valence electrons. The second kappa shape index (κ2) is 9.92. The van der Waals surface area contributed by atoms with Crippen LogP contribution in [0.4, 0.5) is 0 Å². The molecule has 0 aliphatic carbocycles. The van der Waals surface area contributed by atoms with Gasteiger partial charge in [0.2, 0.25) is 0 Å². The van der Waals surface area contributed by atoms with Gasteiger partial charge in [0.15, 0.2) is 0 Å². The molecule has 2 aliphatic rings. The van der Waals surface area contributed by atoms with Crippen LogP contribution in [0.25, 0.3) is 0 Å². The third-order valence-electron chi connectivity index (χ3n) is 1.99. The van der Waals surface area contributed by atoms with Crippen molar-refractivity contribution in [3.8, 4) is 0 Å². The summed E-state index contributed by atoms with van der Waals surface area (Å²) in [5.41, 5.74) is 0. The minimum Gasteiger partial charge on any atom is -0.412 e. The quantitative estimate of drug-likeness (QED) is 0.418. The van der Waals surface area contributed by atoms with Crippen LogP contribution < -0.4 is 0 Å². The lowest BCUT2D eigenvalue weighted by Gasteiger charge is -2.05. The van der Waals surface area contributed by atoms with Gasteiger partial charge in [-0.3, -0.25) is 0 Å². The highest BCUT2D eigenvalue weighted by Crippen LogP contribution is 2.12. The summed E-state index contributed by atoms with van der Waals surface area (Å²) in [7, 11) is 3.05. The second-order valence-corrected chi connectivity index (χ2v) is 5.44. The summed E-state index contributed by atoms with van der Waals surface area (Å²) < 4.78 is 29.4. The highest BCUT2D eigenvalue weighted by molar-refractivity contribution is 6.36. The van der Waals surface area contributed by atoms with E-state index in [-0.39, 0.29) is 5.48 Å². The van der Waals surface area contributed by atoms with Crippen LogP contribution in [0, 0.1) is 0 Å². The Kier molecular flexibility index (Phi) is 9.88. The van der Waals surface area contributed by atoms with Crippen molar-refractivity contribution in [3.05, 3.63) is 0 Å². The first-order valence-electron chi connectivity index (χ1n) is 5.19. The van der Waals surface area contributed by atoms with Gasteiger partial charge in [-0.1, -0.05) is 0 Å². The van der Waals surface area contributed by atoms with E-state index < -0.39 is 9.53 Å². The van der Waals surface area contributed by atoms with Crippen LogP contribution in [0.1, 0.15) is 0 Å². The van der Waals surface area contributed by atoms with Gasteiger partial charge in [0.1, 0.15) is 12.2 Å². The summed E-state index contributed by atoms with van der Waals surface area (Å²) in [4.78, 5) is 0. The fourth-order valence-electron chi connectivity index (χ4n) is 0.948. The maximum atomic E-state index is 5.23. The van der Waals surface area contributed by atoms with Crippen molar-refractivity contribution in [1.29, 1.82) is 0 Å². The van der Waals surface area contributed by atoms with Gasteiger partial charge < -0.3 is 33.0 Å². The van der Waals surface area contributed by atoms with E-state index >= 15 is 0 Å². The molecule has 2 saturated heterocycles. The summed E-state index contributed by atoms with van der Waals surface area (Å²) in [6.07, 6.45) is 0.785. The molecule has 2 rings (SSSR count). The summed E-state index contributed by atoms with van der Waals surface area (Å²) in [5.74, 6) is 0. The van der Waals surface area contributed by atoms with Gasteiger partial charge >= 0.3 is 9.53 Å². The molecule has 7 nitrogen and oxygen atoms in total. The fourth-order valence-corrected chi connectivity index (χ4v) is 1.53. The summed E-state index contributed by atoms with van der Waals surface area (Å²) in [6.45, 7) is 3.26. The number of ether oxygens (including phenoxy) is 3. The molecule has 0 bridgehead atoms. The van der Waals surface area contributed by atoms with E-state index in [4.69, 9.17) is 27.5 Å². The van der Waals surface area contributed by atoms with Crippen LogP contribution in [-0.4, -0.2) is 75.0 Å². The molecule has 2 unspecified atom stereocenters. The van der Waals surface area contributed by atoms with Crippen molar-refractivity contribution in [1.82, 2.24) is 0 Å². The van der Waals surface area contributed by atoms with E-state index in [1.165, 1.54) is 0 Å². The molecule has 0 radical (unpaired) electrons. The standard InChI is InChI=1S/C6H10O3.C3H10O3Si.H2O/c1(5-3-8-5)7-2-6-4-9-6;1-4-7(5-2)6-3;/h5-6H,1-4H2;7H,1-3H3;1H2. The Bertz CT molecular complexity index is 153. The SMILES string of the molecule is C(OCC1CO1)C1CO1.CO[SiH](OC)OC.O. The van der Waals surface area contributed by atoms with Crippen LogP contribution in [0.5, 0.6) is 0 Å². The van der Waals surface area contributed by atoms with Crippen molar-refractivity contribution in [3.63, 3.8) is 0 Å². The van der Waals surface area contributed by atoms with E-state index in [0.717, 1.165) is 26.4 Å². The van der Waals surface area contributed by atoms with Crippen LogP contribution in [-0.2, 0) is 27.5 Å². The van der Waals surface area contributed by atoms with Gasteiger partial charge in [0.05, 0.1) is 26.4 Å². The number of hydrogen-bond acceptors (Lipinski definition) is 6. The molecule has 0 spiro atoms. The number of hydrogen-bond donors (Lipinski definition) is 0. The highest BCUT2D eigenvalue weighted by Gasteiger charge is 2.26. The monoisotopic (exact) mass is 270 g/mol. The Morgan fingerprint density at radius 2 is 1.29 bits per heavy atom. The topological polar surface area (TPSA) is 93.5 Å². The van der Waals surface area contributed by atoms with Crippen LogP contribution in [0.2, 0.25) is 0 Å². The van der Waals surface area contributed by atoms with Crippen LogP contribution in [0.3, 0.4) is 0 Å². The lowest BCUT2D eigenvalue weighted by molar-refractivity contribution is 0.102. The molecule has 0 saturated carbocycles. The Morgan fingerprint density at radius 3 is 1.47 bits per heavy atom. The van der Waals surface area contributed by atoms with Crippen LogP contribution in [0.15, 0.2) is 0 Å². The first kappa shape index (κ1) is 16.9. The molecular formula is C9H22O7Si. The molecule has 2 fully saturated rings. The van der Waals surface area contributed by atoms with Crippen molar-refractivity contribution >= 4 is 9.53 Å². The van der Waals surface area contributed by atoms with Gasteiger partial charge in [-0.15, -0.1) is 0 Å². The summed E-state index contributed by atoms with van der Waals surface area (Å²) >= 11 is 0. The molecular weight excluding hydrogens is 248 g/mol. The van der Waals surface area contributed by atoms with Gasteiger partial charge in [0, 0.05) is 21.3 Å². The zero-order valence-electron chi connectivity index (χ0n) is 10.5. The van der Waals surface area contributed by atoms with E-state index in [9.17, 15) is 0 Å². The van der Waals surface area contributed by atoms with Crippen molar-refractivity contribution in [2.75, 3.05) is 47.8 Å². The molecule has 0 aromatic rings. The maximum absolute atomic E-state index is 5.23. The molecule has 2 N–H and O–H groups in total. The fraction of sp³-hybridized carbons (Fsp3) is 1.00. The zero-order valence-corrected chi connectivity index (χ0v) is 11.7. The van der Waals surface area contributed by atoms with Crippen molar-refractivity contribution < 1.29 is 33.0 Å². The van der Waals surface area contributed by atoms with Gasteiger partial charge in [-0.2, -0.15) is 0 Å². The first-order chi connectivity index (χ1) is 7.80. The largest absolute Gasteiger partial charge is 0.483 e. The molecule has 17 heavy (non-hydrogen) atoms. The van der Waals surface area contributed by atoms with Crippen LogP contribution >= 0.6 is 0 Å². The summed E-state index contributed by atoms with van der Waals surface area (Å²) in [6, 6.07) is 0. The minimum atomic E-state index is -1.67. The molecule has 0 aromatic heterocycles. The molecule has 8 heteroatoms. The lowest BCUT2D eigenvalue weighted by Crippen LogP contribution is -2.21. The Hall–Kier alpha value is -0.0631. The Balaban J connectivity index is 0.000000296. The molecule has 0 amide bonds. The predicted octanol–water partition coefficient (Wildman–Crippen LogP) is -1.38. The Labute approximate surface area is 103 Å². The summed E-state index contributed by atoms with van der Waals surface area (Å²) in [5, 5.41) is 0. The molecule has 2 heterocycles. The highest BCUT2D eigenvalue weighted by atomic mass is 28.3. The van der Waals surface area contributed by atoms with Gasteiger partial charge in [0.25, 0.3) is 0 Å². The van der Waals surface area contributed by atoms with Crippen molar-refractivity contribution in [2.24, 2.45) is 0 Å². The van der Waals surface area contributed by atoms with E-state index in [1.54, 1.807) is 21.3 Å². The third-order valence-corrected chi connectivity index (χ3v) is 3.14. The maximum Gasteiger partial charge on any atom is 0.483 e. The normalized spacial score (nSPS) is 24.7. The first-order valence-corrected chi connectivity index (χ1v) is 6.61. The average Bonchev–Trinajstić information content (AvgIpc) is 3.16. The molecule has 2 atom stereocenters. The van der Waals surface area contributed by atoms with E-state index in [1.807, 2.05) is 0 Å². The van der Waals surface area contributed by atoms with Gasteiger partial charge in [-0.25, -0.2) is 0 Å². The minimum absolute atomic E-state index is 0. The predicted molar refractivity (Wildman–Crippen MR) is 62.1 cm³/mol. The lowest BCUT2D eigenvalue weighted by atomic mass is 10.5. The average molecular weight is 270 g/mol. The smallest absolute Gasteiger partial charge is 0.412 e. The van der Waals surface area contributed by atoms with E-state index in [0.29, 0.717) is 12.2 Å². The second-order valence-electron chi connectivity index (χ2n) is 3.44. The number of epoxide rings is 2. The number of rotatable bonds is 7. The molecule has 0 aromatic carbocycles. The van der Waals surface area contributed by atoms with Crippen molar-refractivity contribution in [2.45, 2.75) is 12.2 Å². The molecule has 2 aliphatic heterocycles. The third kappa shape index (κ3) is 9.62. The van der Waals surface area contributed by atoms with E-state index in [2.05, 4.69) is 0 Å². The Morgan fingerprint density at radius 1 is 0.941 bits per heavy atom. The zero-order chi connectivity index (χ0) is 11.8. The van der Waals surface area contributed by atoms with Gasteiger partial charge in [-0.05, 0) is 0 Å².